The van der Waals surface area contributed by atoms with Crippen LogP contribution in [0.3, 0.4) is 0 Å². The van der Waals surface area contributed by atoms with Crippen molar-refractivity contribution in [2.45, 2.75) is 6.42 Å². The molecule has 0 saturated carbocycles. The van der Waals surface area contributed by atoms with E-state index in [-0.39, 0.29) is 5.91 Å². The van der Waals surface area contributed by atoms with Gasteiger partial charge in [0.15, 0.2) is 0 Å². The lowest BCUT2D eigenvalue weighted by atomic mass is 10.1. The molecule has 8 nitrogen and oxygen atoms in total. The maximum Gasteiger partial charge on any atom is 0.323 e. The predicted octanol–water partition coefficient (Wildman–Crippen LogP) is 3.50. The van der Waals surface area contributed by atoms with Crippen LogP contribution in [0.25, 0.3) is 0 Å². The van der Waals surface area contributed by atoms with Gasteiger partial charge in [0.25, 0.3) is 5.91 Å². The fraction of sp³-hybridized carbons (Fsp3) is 0.391. The molecular weight excluding hydrogens is 430 g/mol. The minimum atomic E-state index is -0.415. The van der Waals surface area contributed by atoms with E-state index in [4.69, 9.17) is 16.3 Å². The first-order chi connectivity index (χ1) is 15.4. The van der Waals surface area contributed by atoms with Gasteiger partial charge in [0.1, 0.15) is 0 Å². The van der Waals surface area contributed by atoms with Crippen molar-refractivity contribution in [3.8, 4) is 0 Å². The summed E-state index contributed by atoms with van der Waals surface area (Å²) < 4.78 is 5.36. The SMILES string of the molecule is CN(C)c1ccc(NC(=O)Nc2cccc(Cl)c2)cc1C(=O)NCCCN1CCOCC1. The van der Waals surface area contributed by atoms with Crippen LogP contribution in [0.5, 0.6) is 0 Å². The molecule has 0 aromatic heterocycles. The number of nitrogens with one attached hydrogen (secondary N) is 3. The van der Waals surface area contributed by atoms with Gasteiger partial charge in [-0.15, -0.1) is 0 Å². The Bertz CT molecular complexity index is 932. The van der Waals surface area contributed by atoms with Crippen LogP contribution in [0, 0.1) is 0 Å². The van der Waals surface area contributed by atoms with Crippen LogP contribution in [0.2, 0.25) is 5.02 Å². The average molecular weight is 460 g/mol. The number of amides is 3. The standard InChI is InChI=1S/C23H30ClN5O3/c1-28(2)21-8-7-19(27-23(31)26-18-6-3-5-17(24)15-18)16-20(21)22(30)25-9-4-10-29-11-13-32-14-12-29/h3,5-8,15-16H,4,9-14H2,1-2H3,(H,25,30)(H2,26,27,31). The molecule has 0 bridgehead atoms. The summed E-state index contributed by atoms with van der Waals surface area (Å²) in [6, 6.07) is 11.7. The molecule has 172 valence electrons. The number of halogens is 1. The predicted molar refractivity (Wildman–Crippen MR) is 129 cm³/mol. The molecular formula is C23H30ClN5O3. The maximum absolute atomic E-state index is 12.9. The van der Waals surface area contributed by atoms with Gasteiger partial charge in [0.2, 0.25) is 0 Å². The summed E-state index contributed by atoms with van der Waals surface area (Å²) in [7, 11) is 3.76. The second kappa shape index (κ2) is 11.7. The number of urea groups is 1. The van der Waals surface area contributed by atoms with Crippen LogP contribution in [0.15, 0.2) is 42.5 Å². The molecule has 0 radical (unpaired) electrons. The summed E-state index contributed by atoms with van der Waals surface area (Å²) >= 11 is 5.96. The zero-order chi connectivity index (χ0) is 22.9. The number of benzene rings is 2. The van der Waals surface area contributed by atoms with Gasteiger partial charge in [-0.25, -0.2) is 4.79 Å². The number of anilines is 3. The molecule has 1 aliphatic rings. The molecule has 1 fully saturated rings. The van der Waals surface area contributed by atoms with E-state index < -0.39 is 6.03 Å². The van der Waals surface area contributed by atoms with E-state index in [9.17, 15) is 9.59 Å². The molecule has 0 atom stereocenters. The van der Waals surface area contributed by atoms with Crippen LogP contribution in [-0.4, -0.2) is 70.3 Å². The van der Waals surface area contributed by atoms with E-state index in [1.807, 2.05) is 25.1 Å². The molecule has 2 aromatic rings. The first kappa shape index (κ1) is 23.8. The molecule has 1 saturated heterocycles. The number of morpholine rings is 1. The molecule has 3 amide bonds. The lowest BCUT2D eigenvalue weighted by Gasteiger charge is -2.26. The average Bonchev–Trinajstić information content (AvgIpc) is 2.77. The Balaban J connectivity index is 1.59. The second-order valence-corrected chi connectivity index (χ2v) is 8.22. The fourth-order valence-corrected chi connectivity index (χ4v) is 3.66. The van der Waals surface area contributed by atoms with E-state index in [0.29, 0.717) is 28.5 Å². The number of carbonyl (C=O) groups excluding carboxylic acids is 2. The molecule has 1 aliphatic heterocycles. The summed E-state index contributed by atoms with van der Waals surface area (Å²) in [4.78, 5) is 29.4. The number of nitrogens with zero attached hydrogens (tertiary/aromatic N) is 2. The summed E-state index contributed by atoms with van der Waals surface area (Å²) in [5.74, 6) is -0.172. The molecule has 9 heteroatoms. The van der Waals surface area contributed by atoms with Gasteiger partial charge in [-0.2, -0.15) is 0 Å². The van der Waals surface area contributed by atoms with Gasteiger partial charge < -0.3 is 25.6 Å². The molecule has 2 aromatic carbocycles. The van der Waals surface area contributed by atoms with Gasteiger partial charge in [0, 0.05) is 55.8 Å². The molecule has 3 rings (SSSR count). The van der Waals surface area contributed by atoms with Crippen molar-refractivity contribution >= 4 is 40.6 Å². The minimum Gasteiger partial charge on any atom is -0.379 e. The zero-order valence-corrected chi connectivity index (χ0v) is 19.2. The summed E-state index contributed by atoms with van der Waals surface area (Å²) in [6.45, 7) is 4.91. The number of ether oxygens (including phenoxy) is 1. The van der Waals surface area contributed by atoms with E-state index in [2.05, 4.69) is 20.9 Å². The van der Waals surface area contributed by atoms with Crippen LogP contribution in [0.1, 0.15) is 16.8 Å². The molecule has 3 N–H and O–H groups in total. The van der Waals surface area contributed by atoms with Crippen LogP contribution < -0.4 is 20.9 Å². The summed E-state index contributed by atoms with van der Waals surface area (Å²) in [5, 5.41) is 9.03. The first-order valence-corrected chi connectivity index (χ1v) is 11.0. The Hall–Kier alpha value is -2.81. The number of rotatable bonds is 8. The van der Waals surface area contributed by atoms with Gasteiger partial charge in [0.05, 0.1) is 18.8 Å². The normalized spacial score (nSPS) is 14.0. The van der Waals surface area contributed by atoms with Crippen LogP contribution in [-0.2, 0) is 4.74 Å². The number of hydrogen-bond donors (Lipinski definition) is 3. The highest BCUT2D eigenvalue weighted by molar-refractivity contribution is 6.30. The van der Waals surface area contributed by atoms with Crippen molar-refractivity contribution in [3.05, 3.63) is 53.1 Å². The lowest BCUT2D eigenvalue weighted by molar-refractivity contribution is 0.0374. The monoisotopic (exact) mass is 459 g/mol. The fourth-order valence-electron chi connectivity index (χ4n) is 3.47. The van der Waals surface area contributed by atoms with Crippen molar-refractivity contribution in [2.75, 3.05) is 69.0 Å². The Morgan fingerprint density at radius 3 is 2.47 bits per heavy atom. The summed E-state index contributed by atoms with van der Waals surface area (Å²) in [5.41, 5.74) is 2.38. The Kier molecular flexibility index (Phi) is 8.72. The van der Waals surface area contributed by atoms with E-state index >= 15 is 0 Å². The van der Waals surface area contributed by atoms with E-state index in [0.717, 1.165) is 45.0 Å². The highest BCUT2D eigenvalue weighted by atomic mass is 35.5. The quantitative estimate of drug-likeness (QED) is 0.526. The van der Waals surface area contributed by atoms with Crippen LogP contribution >= 0.6 is 11.6 Å². The van der Waals surface area contributed by atoms with Crippen molar-refractivity contribution in [3.63, 3.8) is 0 Å². The minimum absolute atomic E-state index is 0.172. The third kappa shape index (κ3) is 7.12. The smallest absolute Gasteiger partial charge is 0.323 e. The zero-order valence-electron chi connectivity index (χ0n) is 18.5. The number of carbonyl (C=O) groups is 2. The van der Waals surface area contributed by atoms with Crippen molar-refractivity contribution < 1.29 is 14.3 Å². The van der Waals surface area contributed by atoms with Gasteiger partial charge in [-0.3, -0.25) is 9.69 Å². The Morgan fingerprint density at radius 1 is 1.06 bits per heavy atom. The van der Waals surface area contributed by atoms with Crippen molar-refractivity contribution in [2.24, 2.45) is 0 Å². The highest BCUT2D eigenvalue weighted by Crippen LogP contribution is 2.23. The van der Waals surface area contributed by atoms with Crippen molar-refractivity contribution in [1.29, 1.82) is 0 Å². The Morgan fingerprint density at radius 2 is 1.78 bits per heavy atom. The molecule has 0 spiro atoms. The van der Waals surface area contributed by atoms with Crippen molar-refractivity contribution in [1.82, 2.24) is 10.2 Å². The molecule has 0 aliphatic carbocycles. The molecule has 32 heavy (non-hydrogen) atoms. The third-order valence-corrected chi connectivity index (χ3v) is 5.34. The first-order valence-electron chi connectivity index (χ1n) is 10.7. The molecule has 0 unspecified atom stereocenters. The largest absolute Gasteiger partial charge is 0.379 e. The van der Waals surface area contributed by atoms with E-state index in [1.165, 1.54) is 0 Å². The van der Waals surface area contributed by atoms with Gasteiger partial charge >= 0.3 is 6.03 Å². The lowest BCUT2D eigenvalue weighted by Crippen LogP contribution is -2.38. The second-order valence-electron chi connectivity index (χ2n) is 7.78. The van der Waals surface area contributed by atoms with E-state index in [1.54, 1.807) is 36.4 Å². The number of hydrogen-bond acceptors (Lipinski definition) is 5. The third-order valence-electron chi connectivity index (χ3n) is 5.10. The van der Waals surface area contributed by atoms with Gasteiger partial charge in [-0.05, 0) is 49.4 Å². The topological polar surface area (TPSA) is 85.9 Å². The highest BCUT2D eigenvalue weighted by Gasteiger charge is 2.15. The molecule has 1 heterocycles. The Labute approximate surface area is 193 Å². The maximum atomic E-state index is 12.9. The van der Waals surface area contributed by atoms with Gasteiger partial charge in [-0.1, -0.05) is 17.7 Å². The van der Waals surface area contributed by atoms with Crippen LogP contribution in [0.4, 0.5) is 21.9 Å². The summed E-state index contributed by atoms with van der Waals surface area (Å²) in [6.07, 6.45) is 0.864.